The van der Waals surface area contributed by atoms with E-state index in [1.165, 1.54) is 0 Å². The molecule has 0 fully saturated rings. The molecule has 0 atom stereocenters. The number of H-pyrrole nitrogens is 1. The number of pyridine rings is 1. The minimum absolute atomic E-state index is 0.582. The molecule has 0 aliphatic rings. The van der Waals surface area contributed by atoms with Crippen LogP contribution in [-0.4, -0.2) is 4.98 Å². The molecule has 0 aromatic carbocycles. The first-order valence-electron chi connectivity index (χ1n) is 2.34. The number of hydrogen-bond acceptors (Lipinski definition) is 2. The van der Waals surface area contributed by atoms with Gasteiger partial charge in [-0.15, -0.1) is 0 Å². The van der Waals surface area contributed by atoms with Crippen molar-refractivity contribution in [3.63, 3.8) is 0 Å². The standard InChI is InChI=1S/C5H5BrN2S/c6-3-1-4(7)5(9)8-2-3/h1-2H,7H2,(H,8,9). The summed E-state index contributed by atoms with van der Waals surface area (Å²) in [7, 11) is 0. The number of halogens is 1. The average Bonchev–Trinajstić information content (AvgIpc) is 1.80. The Kier molecular flexibility index (Phi) is 1.87. The molecular formula is C5H5BrN2S. The van der Waals surface area contributed by atoms with Crippen molar-refractivity contribution in [2.24, 2.45) is 0 Å². The molecular weight excluding hydrogens is 200 g/mol. The number of anilines is 1. The van der Waals surface area contributed by atoms with E-state index in [0.29, 0.717) is 10.3 Å². The molecule has 0 aliphatic carbocycles. The molecule has 2 nitrogen and oxygen atoms in total. The molecule has 9 heavy (non-hydrogen) atoms. The van der Waals surface area contributed by atoms with Gasteiger partial charge in [0.2, 0.25) is 0 Å². The summed E-state index contributed by atoms with van der Waals surface area (Å²) in [5.41, 5.74) is 6.05. The van der Waals surface area contributed by atoms with Gasteiger partial charge in [-0.05, 0) is 22.0 Å². The summed E-state index contributed by atoms with van der Waals surface area (Å²) < 4.78 is 1.49. The average molecular weight is 205 g/mol. The van der Waals surface area contributed by atoms with Crippen molar-refractivity contribution < 1.29 is 0 Å². The highest BCUT2D eigenvalue weighted by atomic mass is 79.9. The van der Waals surface area contributed by atoms with Crippen LogP contribution in [0.4, 0.5) is 5.69 Å². The molecule has 1 aromatic rings. The number of rotatable bonds is 0. The molecule has 0 aliphatic heterocycles. The number of nitrogen functional groups attached to an aromatic ring is 1. The van der Waals surface area contributed by atoms with Gasteiger partial charge in [-0.1, -0.05) is 12.2 Å². The number of hydrogen-bond donors (Lipinski definition) is 2. The number of aromatic amines is 1. The lowest BCUT2D eigenvalue weighted by atomic mass is 10.4. The third-order valence-corrected chi connectivity index (χ3v) is 1.71. The number of aromatic nitrogens is 1. The Labute approximate surface area is 66.2 Å². The van der Waals surface area contributed by atoms with Crippen LogP contribution < -0.4 is 5.73 Å². The lowest BCUT2D eigenvalue weighted by molar-refractivity contribution is 1.29. The van der Waals surface area contributed by atoms with Crippen molar-refractivity contribution in [2.45, 2.75) is 0 Å². The van der Waals surface area contributed by atoms with Gasteiger partial charge < -0.3 is 10.7 Å². The maximum absolute atomic E-state index is 5.46. The van der Waals surface area contributed by atoms with Crippen LogP contribution in [0.25, 0.3) is 0 Å². The van der Waals surface area contributed by atoms with Gasteiger partial charge in [0.1, 0.15) is 4.64 Å². The topological polar surface area (TPSA) is 41.8 Å². The van der Waals surface area contributed by atoms with Crippen LogP contribution >= 0.6 is 28.1 Å². The molecule has 0 unspecified atom stereocenters. The molecule has 1 heterocycles. The molecule has 4 heteroatoms. The van der Waals surface area contributed by atoms with E-state index >= 15 is 0 Å². The zero-order valence-electron chi connectivity index (χ0n) is 4.52. The summed E-state index contributed by atoms with van der Waals surface area (Å²) in [5, 5.41) is 0. The van der Waals surface area contributed by atoms with Crippen molar-refractivity contribution in [1.29, 1.82) is 0 Å². The molecule has 1 rings (SSSR count). The fourth-order valence-corrected chi connectivity index (χ4v) is 0.953. The second-order valence-corrected chi connectivity index (χ2v) is 2.93. The van der Waals surface area contributed by atoms with Gasteiger partial charge in [0.25, 0.3) is 0 Å². The summed E-state index contributed by atoms with van der Waals surface area (Å²) in [5.74, 6) is 0. The zero-order valence-corrected chi connectivity index (χ0v) is 6.92. The Bertz CT molecular complexity index is 268. The lowest BCUT2D eigenvalue weighted by Gasteiger charge is -1.92. The van der Waals surface area contributed by atoms with E-state index in [-0.39, 0.29) is 0 Å². The fourth-order valence-electron chi connectivity index (χ4n) is 0.474. The predicted molar refractivity (Wildman–Crippen MR) is 43.7 cm³/mol. The highest BCUT2D eigenvalue weighted by molar-refractivity contribution is 9.10. The van der Waals surface area contributed by atoms with Gasteiger partial charge in [0, 0.05) is 10.7 Å². The van der Waals surface area contributed by atoms with Crippen molar-refractivity contribution in [1.82, 2.24) is 4.98 Å². The summed E-state index contributed by atoms with van der Waals surface area (Å²) in [6, 6.07) is 1.76. The van der Waals surface area contributed by atoms with Crippen molar-refractivity contribution in [3.8, 4) is 0 Å². The Morgan fingerprint density at radius 3 is 2.78 bits per heavy atom. The molecule has 0 amide bonds. The van der Waals surface area contributed by atoms with E-state index in [1.807, 2.05) is 0 Å². The largest absolute Gasteiger partial charge is 0.396 e. The molecule has 1 aromatic heterocycles. The van der Waals surface area contributed by atoms with Gasteiger partial charge in [-0.25, -0.2) is 0 Å². The van der Waals surface area contributed by atoms with Crippen LogP contribution in [0.2, 0.25) is 0 Å². The van der Waals surface area contributed by atoms with Crippen molar-refractivity contribution >= 4 is 33.8 Å². The lowest BCUT2D eigenvalue weighted by Crippen LogP contribution is -1.87. The quantitative estimate of drug-likeness (QED) is 0.636. The summed E-state index contributed by atoms with van der Waals surface area (Å²) >= 11 is 8.05. The maximum Gasteiger partial charge on any atom is 0.126 e. The smallest absolute Gasteiger partial charge is 0.126 e. The Morgan fingerprint density at radius 2 is 2.33 bits per heavy atom. The first kappa shape index (κ1) is 6.77. The Morgan fingerprint density at radius 1 is 1.67 bits per heavy atom. The van der Waals surface area contributed by atoms with E-state index in [0.717, 1.165) is 4.47 Å². The summed E-state index contributed by atoms with van der Waals surface area (Å²) in [6.45, 7) is 0. The molecule has 0 saturated heterocycles. The minimum Gasteiger partial charge on any atom is -0.396 e. The van der Waals surface area contributed by atoms with E-state index in [4.69, 9.17) is 18.0 Å². The molecule has 3 N–H and O–H groups in total. The molecule has 0 radical (unpaired) electrons. The van der Waals surface area contributed by atoms with Gasteiger partial charge in [0.05, 0.1) is 5.69 Å². The first-order valence-corrected chi connectivity index (χ1v) is 3.54. The maximum atomic E-state index is 5.46. The Hall–Kier alpha value is -0.350. The van der Waals surface area contributed by atoms with Crippen LogP contribution in [0, 0.1) is 4.64 Å². The third kappa shape index (κ3) is 1.53. The second kappa shape index (κ2) is 2.49. The highest BCUT2D eigenvalue weighted by Gasteiger charge is 1.88. The molecule has 0 spiro atoms. The van der Waals surface area contributed by atoms with Gasteiger partial charge in [-0.3, -0.25) is 0 Å². The van der Waals surface area contributed by atoms with E-state index < -0.39 is 0 Å². The van der Waals surface area contributed by atoms with Crippen LogP contribution in [0.1, 0.15) is 0 Å². The molecule has 48 valence electrons. The Balaban J connectivity index is 3.34. The number of nitrogens with one attached hydrogen (secondary N) is 1. The highest BCUT2D eigenvalue weighted by Crippen LogP contribution is 2.11. The summed E-state index contributed by atoms with van der Waals surface area (Å²) in [4.78, 5) is 2.81. The third-order valence-electron chi connectivity index (χ3n) is 0.897. The SMILES string of the molecule is Nc1cc(Br)c[nH]c1=S. The van der Waals surface area contributed by atoms with Crippen molar-refractivity contribution in [3.05, 3.63) is 21.4 Å². The van der Waals surface area contributed by atoms with E-state index in [1.54, 1.807) is 12.3 Å². The van der Waals surface area contributed by atoms with Crippen LogP contribution in [0.5, 0.6) is 0 Å². The van der Waals surface area contributed by atoms with Crippen LogP contribution in [0.15, 0.2) is 16.7 Å². The first-order chi connectivity index (χ1) is 4.20. The van der Waals surface area contributed by atoms with E-state index in [2.05, 4.69) is 20.9 Å². The zero-order chi connectivity index (χ0) is 6.85. The molecule has 0 saturated carbocycles. The van der Waals surface area contributed by atoms with Gasteiger partial charge in [0.15, 0.2) is 0 Å². The number of nitrogens with two attached hydrogens (primary N) is 1. The predicted octanol–water partition coefficient (Wildman–Crippen LogP) is 2.09. The van der Waals surface area contributed by atoms with Crippen LogP contribution in [-0.2, 0) is 0 Å². The fraction of sp³-hybridized carbons (Fsp3) is 0. The monoisotopic (exact) mass is 204 g/mol. The second-order valence-electron chi connectivity index (χ2n) is 1.60. The van der Waals surface area contributed by atoms with Crippen LogP contribution in [0.3, 0.4) is 0 Å². The molecule has 0 bridgehead atoms. The summed E-state index contributed by atoms with van der Waals surface area (Å²) in [6.07, 6.45) is 1.75. The van der Waals surface area contributed by atoms with E-state index in [9.17, 15) is 0 Å². The van der Waals surface area contributed by atoms with Crippen molar-refractivity contribution in [2.75, 3.05) is 5.73 Å². The van der Waals surface area contributed by atoms with Gasteiger partial charge >= 0.3 is 0 Å². The van der Waals surface area contributed by atoms with Gasteiger partial charge in [-0.2, -0.15) is 0 Å². The normalized spacial score (nSPS) is 9.44. The minimum atomic E-state index is 0.582.